The predicted molar refractivity (Wildman–Crippen MR) is 81.0 cm³/mol. The van der Waals surface area contributed by atoms with E-state index in [2.05, 4.69) is 22.1 Å². The first-order valence-electron chi connectivity index (χ1n) is 7.33. The average molecular weight is 297 g/mol. The second kappa shape index (κ2) is 7.59. The third kappa shape index (κ3) is 3.93. The molecule has 0 saturated carbocycles. The monoisotopic (exact) mass is 297 g/mol. The van der Waals surface area contributed by atoms with Gasteiger partial charge < -0.3 is 10.1 Å². The van der Waals surface area contributed by atoms with Gasteiger partial charge in [0, 0.05) is 24.2 Å². The molecule has 0 aromatic carbocycles. The zero-order valence-electron chi connectivity index (χ0n) is 12.2. The molecular weight excluding hydrogens is 274 g/mol. The maximum Gasteiger partial charge on any atom is 0.323 e. The van der Waals surface area contributed by atoms with E-state index < -0.39 is 0 Å². The fourth-order valence-corrected chi connectivity index (χ4v) is 3.41. The van der Waals surface area contributed by atoms with E-state index in [0.717, 1.165) is 44.0 Å². The third-order valence-electron chi connectivity index (χ3n) is 3.41. The molecule has 1 aromatic heterocycles. The Morgan fingerprint density at radius 3 is 3.15 bits per heavy atom. The molecule has 0 radical (unpaired) electrons. The van der Waals surface area contributed by atoms with Gasteiger partial charge in [-0.3, -0.25) is 9.69 Å². The molecule has 5 nitrogen and oxygen atoms in total. The number of esters is 1. The Bertz CT molecular complexity index is 436. The molecule has 1 unspecified atom stereocenters. The van der Waals surface area contributed by atoms with Crippen LogP contribution >= 0.6 is 11.3 Å². The van der Waals surface area contributed by atoms with Crippen molar-refractivity contribution in [2.75, 3.05) is 25.0 Å². The van der Waals surface area contributed by atoms with Crippen molar-refractivity contribution in [1.29, 1.82) is 0 Å². The Labute approximate surface area is 124 Å². The highest BCUT2D eigenvalue weighted by Gasteiger charge is 2.30. The second-order valence-electron chi connectivity index (χ2n) is 4.90. The van der Waals surface area contributed by atoms with Gasteiger partial charge in [0.1, 0.15) is 6.04 Å². The molecule has 0 bridgehead atoms. The number of carbonyl (C=O) groups is 1. The molecule has 112 valence electrons. The molecule has 1 atom stereocenters. The van der Waals surface area contributed by atoms with E-state index in [9.17, 15) is 4.79 Å². The van der Waals surface area contributed by atoms with Crippen LogP contribution in [0.3, 0.4) is 0 Å². The van der Waals surface area contributed by atoms with Crippen molar-refractivity contribution in [3.05, 3.63) is 11.1 Å². The van der Waals surface area contributed by atoms with E-state index in [1.807, 2.05) is 13.1 Å². The number of piperidine rings is 1. The molecule has 1 fully saturated rings. The number of anilines is 1. The molecule has 6 heteroatoms. The topological polar surface area (TPSA) is 54.5 Å². The molecule has 1 aliphatic heterocycles. The quantitative estimate of drug-likeness (QED) is 0.818. The van der Waals surface area contributed by atoms with Crippen molar-refractivity contribution in [1.82, 2.24) is 9.88 Å². The van der Waals surface area contributed by atoms with Crippen LogP contribution in [0.1, 0.15) is 38.0 Å². The number of likely N-dealkylation sites (tertiary alicyclic amines) is 1. The number of nitrogens with one attached hydrogen (secondary N) is 1. The molecule has 2 heterocycles. The Hall–Kier alpha value is -1.14. The minimum Gasteiger partial charge on any atom is -0.465 e. The van der Waals surface area contributed by atoms with E-state index in [0.29, 0.717) is 6.61 Å². The van der Waals surface area contributed by atoms with Gasteiger partial charge in [-0.15, -0.1) is 11.3 Å². The molecule has 1 N–H and O–H groups in total. The first kappa shape index (κ1) is 15.3. The van der Waals surface area contributed by atoms with Crippen LogP contribution in [0.25, 0.3) is 0 Å². The molecule has 2 rings (SSSR count). The summed E-state index contributed by atoms with van der Waals surface area (Å²) in [6.07, 6.45) is 5.05. The van der Waals surface area contributed by atoms with Crippen molar-refractivity contribution in [2.24, 2.45) is 0 Å². The number of thiazole rings is 1. The molecule has 0 spiro atoms. The van der Waals surface area contributed by atoms with Crippen molar-refractivity contribution in [3.63, 3.8) is 0 Å². The van der Waals surface area contributed by atoms with E-state index in [1.165, 1.54) is 4.88 Å². The summed E-state index contributed by atoms with van der Waals surface area (Å²) >= 11 is 1.66. The molecule has 1 aromatic rings. The van der Waals surface area contributed by atoms with Crippen LogP contribution in [0.4, 0.5) is 5.13 Å². The lowest BCUT2D eigenvalue weighted by molar-refractivity contribution is -0.151. The lowest BCUT2D eigenvalue weighted by Gasteiger charge is -2.33. The Kier molecular flexibility index (Phi) is 5.79. The minimum atomic E-state index is -0.0895. The summed E-state index contributed by atoms with van der Waals surface area (Å²) in [5.74, 6) is -0.0800. The maximum absolute atomic E-state index is 12.0. The largest absolute Gasteiger partial charge is 0.465 e. The fraction of sp³-hybridized carbons (Fsp3) is 0.714. The Morgan fingerprint density at radius 1 is 1.55 bits per heavy atom. The molecular formula is C14H23N3O2S. The highest BCUT2D eigenvalue weighted by atomic mass is 32.1. The number of hydrogen-bond acceptors (Lipinski definition) is 6. The molecule has 0 aliphatic carbocycles. The van der Waals surface area contributed by atoms with E-state index in [-0.39, 0.29) is 12.0 Å². The van der Waals surface area contributed by atoms with E-state index in [1.54, 1.807) is 11.3 Å². The summed E-state index contributed by atoms with van der Waals surface area (Å²) < 4.78 is 5.19. The molecule has 1 saturated heterocycles. The van der Waals surface area contributed by atoms with Crippen LogP contribution in [0.2, 0.25) is 0 Å². The van der Waals surface area contributed by atoms with Gasteiger partial charge in [0.25, 0.3) is 0 Å². The van der Waals surface area contributed by atoms with Gasteiger partial charge in [-0.25, -0.2) is 4.98 Å². The zero-order chi connectivity index (χ0) is 14.4. The smallest absolute Gasteiger partial charge is 0.323 e. The van der Waals surface area contributed by atoms with Gasteiger partial charge in [-0.2, -0.15) is 0 Å². The first-order chi connectivity index (χ1) is 9.74. The summed E-state index contributed by atoms with van der Waals surface area (Å²) in [7, 11) is 0. The number of rotatable bonds is 6. The first-order valence-corrected chi connectivity index (χ1v) is 8.15. The van der Waals surface area contributed by atoms with E-state index in [4.69, 9.17) is 4.74 Å². The van der Waals surface area contributed by atoms with Crippen molar-refractivity contribution in [3.8, 4) is 0 Å². The summed E-state index contributed by atoms with van der Waals surface area (Å²) in [6, 6.07) is -0.0895. The van der Waals surface area contributed by atoms with Crippen molar-refractivity contribution in [2.45, 2.75) is 45.7 Å². The van der Waals surface area contributed by atoms with Gasteiger partial charge in [0.2, 0.25) is 0 Å². The van der Waals surface area contributed by atoms with Crippen LogP contribution in [-0.4, -0.2) is 41.6 Å². The fourth-order valence-electron chi connectivity index (χ4n) is 2.50. The van der Waals surface area contributed by atoms with Crippen LogP contribution in [0.5, 0.6) is 0 Å². The summed E-state index contributed by atoms with van der Waals surface area (Å²) in [6.45, 7) is 6.99. The Balaban J connectivity index is 1.98. The number of carbonyl (C=O) groups excluding carboxylic acids is 1. The number of aromatic nitrogens is 1. The lowest BCUT2D eigenvalue weighted by Crippen LogP contribution is -2.44. The lowest BCUT2D eigenvalue weighted by atomic mass is 10.0. The Morgan fingerprint density at radius 2 is 2.40 bits per heavy atom. The average Bonchev–Trinajstić information content (AvgIpc) is 2.87. The maximum atomic E-state index is 12.0. The van der Waals surface area contributed by atoms with Gasteiger partial charge in [-0.05, 0) is 33.2 Å². The number of ether oxygens (including phenoxy) is 1. The highest BCUT2D eigenvalue weighted by Crippen LogP contribution is 2.24. The molecule has 20 heavy (non-hydrogen) atoms. The second-order valence-corrected chi connectivity index (χ2v) is 6.01. The van der Waals surface area contributed by atoms with Crippen LogP contribution in [0, 0.1) is 0 Å². The summed E-state index contributed by atoms with van der Waals surface area (Å²) in [5.41, 5.74) is 0. The summed E-state index contributed by atoms with van der Waals surface area (Å²) in [5, 5.41) is 4.17. The van der Waals surface area contributed by atoms with Crippen LogP contribution in [0.15, 0.2) is 6.20 Å². The molecule has 0 amide bonds. The number of nitrogens with zero attached hydrogens (tertiary/aromatic N) is 2. The van der Waals surface area contributed by atoms with E-state index >= 15 is 0 Å². The molecule has 1 aliphatic rings. The zero-order valence-corrected chi connectivity index (χ0v) is 13.0. The van der Waals surface area contributed by atoms with Gasteiger partial charge in [0.05, 0.1) is 6.61 Å². The van der Waals surface area contributed by atoms with Crippen LogP contribution < -0.4 is 5.32 Å². The number of hydrogen-bond donors (Lipinski definition) is 1. The standard InChI is InChI=1S/C14H23N3O2S/c1-3-15-14-16-9-11(20-14)10-17-8-6-5-7-12(17)13(18)19-4-2/h9,12H,3-8,10H2,1-2H3,(H,15,16). The summed E-state index contributed by atoms with van der Waals surface area (Å²) in [4.78, 5) is 19.8. The third-order valence-corrected chi connectivity index (χ3v) is 4.35. The van der Waals surface area contributed by atoms with Gasteiger partial charge in [0.15, 0.2) is 5.13 Å². The minimum absolute atomic E-state index is 0.0800. The van der Waals surface area contributed by atoms with Crippen molar-refractivity contribution >= 4 is 22.4 Å². The van der Waals surface area contributed by atoms with Gasteiger partial charge >= 0.3 is 5.97 Å². The SMILES string of the molecule is CCNc1ncc(CN2CCCCC2C(=O)OCC)s1. The van der Waals surface area contributed by atoms with Gasteiger partial charge in [-0.1, -0.05) is 6.42 Å². The highest BCUT2D eigenvalue weighted by molar-refractivity contribution is 7.15. The normalized spacial score (nSPS) is 19.8. The van der Waals surface area contributed by atoms with Crippen LogP contribution in [-0.2, 0) is 16.1 Å². The van der Waals surface area contributed by atoms with Crippen molar-refractivity contribution < 1.29 is 9.53 Å². The predicted octanol–water partition coefficient (Wildman–Crippen LogP) is 2.49.